The van der Waals surface area contributed by atoms with E-state index in [4.69, 9.17) is 0 Å². The molecular weight excluding hydrogens is 215 g/mol. The largest absolute Gasteiger partial charge is 0.380 e. The fraction of sp³-hybridized carbons (Fsp3) is 0.214. The highest BCUT2D eigenvalue weighted by Gasteiger charge is 2.00. The molecule has 17 heavy (non-hydrogen) atoms. The van der Waals surface area contributed by atoms with E-state index in [0.717, 1.165) is 22.4 Å². The van der Waals surface area contributed by atoms with Gasteiger partial charge in [0.05, 0.1) is 5.69 Å². The normalized spacial score (nSPS) is 10.3. The van der Waals surface area contributed by atoms with Gasteiger partial charge < -0.3 is 5.32 Å². The number of hydrogen-bond donors (Lipinski definition) is 1. The van der Waals surface area contributed by atoms with Crippen LogP contribution in [0.4, 0.5) is 10.1 Å². The van der Waals surface area contributed by atoms with Crippen molar-refractivity contribution in [1.29, 1.82) is 0 Å². The number of benzene rings is 1. The summed E-state index contributed by atoms with van der Waals surface area (Å²) in [6.45, 7) is 4.59. The highest BCUT2D eigenvalue weighted by atomic mass is 19.1. The van der Waals surface area contributed by atoms with Gasteiger partial charge in [-0.25, -0.2) is 4.39 Å². The number of nitrogens with one attached hydrogen (secondary N) is 1. The van der Waals surface area contributed by atoms with Crippen molar-refractivity contribution >= 4 is 5.69 Å². The lowest BCUT2D eigenvalue weighted by atomic mass is 10.1. The minimum atomic E-state index is -0.191. The first kappa shape index (κ1) is 11.6. The second-order valence-corrected chi connectivity index (χ2v) is 4.18. The molecule has 0 aliphatic rings. The number of pyridine rings is 1. The van der Waals surface area contributed by atoms with Crippen molar-refractivity contribution in [3.05, 3.63) is 59.2 Å². The van der Waals surface area contributed by atoms with Crippen LogP contribution in [-0.2, 0) is 6.54 Å². The Hall–Kier alpha value is -1.90. The molecule has 0 atom stereocenters. The minimum absolute atomic E-state index is 0.191. The van der Waals surface area contributed by atoms with Crippen LogP contribution in [0.1, 0.15) is 16.7 Å². The first-order valence-corrected chi connectivity index (χ1v) is 5.56. The lowest BCUT2D eigenvalue weighted by Crippen LogP contribution is -2.02. The van der Waals surface area contributed by atoms with Crippen LogP contribution >= 0.6 is 0 Å². The highest BCUT2D eigenvalue weighted by Crippen LogP contribution is 2.13. The second-order valence-electron chi connectivity index (χ2n) is 4.18. The summed E-state index contributed by atoms with van der Waals surface area (Å²) in [6, 6.07) is 6.87. The van der Waals surface area contributed by atoms with E-state index in [1.807, 2.05) is 26.1 Å². The average molecular weight is 230 g/mol. The second kappa shape index (κ2) is 4.95. The Balaban J connectivity index is 2.07. The SMILES string of the molecule is Cc1cncc(NCc2ccc(F)cc2C)c1. The zero-order valence-electron chi connectivity index (χ0n) is 10.00. The number of aryl methyl sites for hydroxylation is 2. The van der Waals surface area contributed by atoms with Crippen molar-refractivity contribution in [3.63, 3.8) is 0 Å². The minimum Gasteiger partial charge on any atom is -0.380 e. The predicted octanol–water partition coefficient (Wildman–Crippen LogP) is 3.45. The zero-order valence-corrected chi connectivity index (χ0v) is 10.00. The van der Waals surface area contributed by atoms with E-state index in [1.165, 1.54) is 6.07 Å². The van der Waals surface area contributed by atoms with Crippen molar-refractivity contribution in [2.24, 2.45) is 0 Å². The number of halogens is 1. The molecule has 1 N–H and O–H groups in total. The van der Waals surface area contributed by atoms with E-state index in [9.17, 15) is 4.39 Å². The Morgan fingerprint density at radius 2 is 2.00 bits per heavy atom. The molecule has 0 saturated heterocycles. The van der Waals surface area contributed by atoms with E-state index in [-0.39, 0.29) is 5.82 Å². The zero-order chi connectivity index (χ0) is 12.3. The number of aromatic nitrogens is 1. The number of hydrogen-bond acceptors (Lipinski definition) is 2. The fourth-order valence-electron chi connectivity index (χ4n) is 1.71. The molecule has 0 radical (unpaired) electrons. The fourth-order valence-corrected chi connectivity index (χ4v) is 1.71. The van der Waals surface area contributed by atoms with Crippen LogP contribution in [0.2, 0.25) is 0 Å². The summed E-state index contributed by atoms with van der Waals surface area (Å²) < 4.78 is 12.9. The molecule has 0 spiro atoms. The molecule has 2 rings (SSSR count). The summed E-state index contributed by atoms with van der Waals surface area (Å²) in [7, 11) is 0. The van der Waals surface area contributed by atoms with E-state index in [1.54, 1.807) is 18.3 Å². The maximum absolute atomic E-state index is 12.9. The van der Waals surface area contributed by atoms with E-state index < -0.39 is 0 Å². The Morgan fingerprint density at radius 3 is 2.71 bits per heavy atom. The summed E-state index contributed by atoms with van der Waals surface area (Å²) in [5.41, 5.74) is 4.14. The maximum atomic E-state index is 12.9. The Kier molecular flexibility index (Phi) is 3.38. The molecule has 88 valence electrons. The predicted molar refractivity (Wildman–Crippen MR) is 67.4 cm³/mol. The maximum Gasteiger partial charge on any atom is 0.123 e. The first-order chi connectivity index (χ1) is 8.15. The summed E-state index contributed by atoms with van der Waals surface area (Å²) in [6.07, 6.45) is 3.60. The number of anilines is 1. The third kappa shape index (κ3) is 3.03. The lowest BCUT2D eigenvalue weighted by molar-refractivity contribution is 0.625. The Labute approximate surface area is 101 Å². The van der Waals surface area contributed by atoms with Crippen LogP contribution < -0.4 is 5.32 Å². The molecule has 1 heterocycles. The van der Waals surface area contributed by atoms with Crippen LogP contribution in [0, 0.1) is 19.7 Å². The van der Waals surface area contributed by atoms with Crippen molar-refractivity contribution in [1.82, 2.24) is 4.98 Å². The van der Waals surface area contributed by atoms with Crippen molar-refractivity contribution in [2.45, 2.75) is 20.4 Å². The van der Waals surface area contributed by atoms with Gasteiger partial charge in [-0.2, -0.15) is 0 Å². The molecule has 0 amide bonds. The quantitative estimate of drug-likeness (QED) is 0.873. The molecule has 3 heteroatoms. The topological polar surface area (TPSA) is 24.9 Å². The van der Waals surface area contributed by atoms with E-state index in [2.05, 4.69) is 10.3 Å². The van der Waals surface area contributed by atoms with Crippen LogP contribution in [0.3, 0.4) is 0 Å². The molecule has 1 aromatic carbocycles. The summed E-state index contributed by atoms with van der Waals surface area (Å²) >= 11 is 0. The van der Waals surface area contributed by atoms with Gasteiger partial charge >= 0.3 is 0 Å². The number of rotatable bonds is 3. The molecule has 2 nitrogen and oxygen atoms in total. The van der Waals surface area contributed by atoms with Crippen molar-refractivity contribution in [2.75, 3.05) is 5.32 Å². The summed E-state index contributed by atoms with van der Waals surface area (Å²) in [5.74, 6) is -0.191. The molecule has 0 saturated carbocycles. The van der Waals surface area contributed by atoms with Gasteiger partial charge in [0.1, 0.15) is 5.82 Å². The van der Waals surface area contributed by atoms with Crippen molar-refractivity contribution in [3.8, 4) is 0 Å². The van der Waals surface area contributed by atoms with Gasteiger partial charge in [-0.05, 0) is 48.7 Å². The molecule has 0 aliphatic heterocycles. The Bertz CT molecular complexity index is 523. The molecular formula is C14H15FN2. The van der Waals surface area contributed by atoms with Gasteiger partial charge in [0.2, 0.25) is 0 Å². The standard InChI is InChI=1S/C14H15FN2/c1-10-5-14(9-16-7-10)17-8-12-3-4-13(15)6-11(12)2/h3-7,9,17H,8H2,1-2H3. The van der Waals surface area contributed by atoms with Gasteiger partial charge in [0.15, 0.2) is 0 Å². The monoisotopic (exact) mass is 230 g/mol. The molecule has 0 unspecified atom stereocenters. The van der Waals surface area contributed by atoms with Gasteiger partial charge in [-0.3, -0.25) is 4.98 Å². The van der Waals surface area contributed by atoms with Crippen molar-refractivity contribution < 1.29 is 4.39 Å². The van der Waals surface area contributed by atoms with Crippen LogP contribution in [0.5, 0.6) is 0 Å². The van der Waals surface area contributed by atoms with Gasteiger partial charge in [-0.1, -0.05) is 6.07 Å². The van der Waals surface area contributed by atoms with Gasteiger partial charge in [0.25, 0.3) is 0 Å². The Morgan fingerprint density at radius 1 is 1.18 bits per heavy atom. The highest BCUT2D eigenvalue weighted by molar-refractivity contribution is 5.43. The van der Waals surface area contributed by atoms with Crippen LogP contribution in [-0.4, -0.2) is 4.98 Å². The first-order valence-electron chi connectivity index (χ1n) is 5.56. The lowest BCUT2D eigenvalue weighted by Gasteiger charge is -2.09. The van der Waals surface area contributed by atoms with Gasteiger partial charge in [0, 0.05) is 18.9 Å². The summed E-state index contributed by atoms with van der Waals surface area (Å²) in [4.78, 5) is 4.11. The molecule has 1 aromatic heterocycles. The third-order valence-electron chi connectivity index (χ3n) is 2.66. The van der Waals surface area contributed by atoms with E-state index >= 15 is 0 Å². The molecule has 0 fully saturated rings. The summed E-state index contributed by atoms with van der Waals surface area (Å²) in [5, 5.41) is 3.28. The smallest absolute Gasteiger partial charge is 0.123 e. The molecule has 0 aliphatic carbocycles. The van der Waals surface area contributed by atoms with Crippen LogP contribution in [0.15, 0.2) is 36.7 Å². The van der Waals surface area contributed by atoms with Gasteiger partial charge in [-0.15, -0.1) is 0 Å². The molecule has 0 bridgehead atoms. The van der Waals surface area contributed by atoms with Crippen LogP contribution in [0.25, 0.3) is 0 Å². The molecule has 2 aromatic rings. The average Bonchev–Trinajstić information content (AvgIpc) is 2.28. The third-order valence-corrected chi connectivity index (χ3v) is 2.66. The van der Waals surface area contributed by atoms with E-state index in [0.29, 0.717) is 6.54 Å². The number of nitrogens with zero attached hydrogens (tertiary/aromatic N) is 1.